The topological polar surface area (TPSA) is 40.6 Å². The maximum atomic E-state index is 5.55. The van der Waals surface area contributed by atoms with Gasteiger partial charge in [-0.15, -0.1) is 0 Å². The lowest BCUT2D eigenvalue weighted by Crippen LogP contribution is -2.03. The van der Waals surface area contributed by atoms with Crippen LogP contribution < -0.4 is 0 Å². The molecule has 5 heteroatoms. The highest BCUT2D eigenvalue weighted by Gasteiger charge is 2.21. The molecule has 0 amide bonds. The first-order valence-electron chi connectivity index (χ1n) is 20.1. The average Bonchev–Trinajstić information content (AvgIpc) is 3.94. The third-order valence-corrected chi connectivity index (χ3v) is 12.2. The molecular formula is C54H33N5. The number of nitrogens with zero attached hydrogens (tertiary/aromatic N) is 5. The van der Waals surface area contributed by atoms with E-state index in [1.807, 2.05) is 0 Å². The number of hydrogen-bond donors (Lipinski definition) is 0. The van der Waals surface area contributed by atoms with Crippen molar-refractivity contribution in [1.82, 2.24) is 23.7 Å². The highest BCUT2D eigenvalue weighted by Crippen LogP contribution is 2.41. The SMILES string of the molecule is c1ccc(-n2c3ccccc3c3ccc(-c4nc(-n5c6ccc(-n7c8ccccc8c8ccccc87)cc6c6c7ccccc7ccc65)nc5ccccc45)cc32)cc1. The van der Waals surface area contributed by atoms with Crippen LogP contribution in [0.3, 0.4) is 0 Å². The maximum Gasteiger partial charge on any atom is 0.235 e. The van der Waals surface area contributed by atoms with Gasteiger partial charge in [-0.2, -0.15) is 0 Å². The predicted molar refractivity (Wildman–Crippen MR) is 245 cm³/mol. The summed E-state index contributed by atoms with van der Waals surface area (Å²) in [5, 5.41) is 10.7. The van der Waals surface area contributed by atoms with Gasteiger partial charge in [0.25, 0.3) is 0 Å². The third-order valence-electron chi connectivity index (χ3n) is 12.2. The van der Waals surface area contributed by atoms with Gasteiger partial charge in [-0.25, -0.2) is 9.97 Å². The summed E-state index contributed by atoms with van der Waals surface area (Å²) in [6.45, 7) is 0. The highest BCUT2D eigenvalue weighted by molar-refractivity contribution is 6.22. The average molecular weight is 752 g/mol. The number of benzene rings is 9. The zero-order valence-electron chi connectivity index (χ0n) is 31.8. The van der Waals surface area contributed by atoms with Gasteiger partial charge >= 0.3 is 0 Å². The van der Waals surface area contributed by atoms with Crippen LogP contribution in [0.5, 0.6) is 0 Å². The van der Waals surface area contributed by atoms with Gasteiger partial charge in [0, 0.05) is 54.6 Å². The van der Waals surface area contributed by atoms with Crippen molar-refractivity contribution in [1.29, 1.82) is 0 Å². The molecule has 0 unspecified atom stereocenters. The highest BCUT2D eigenvalue weighted by atomic mass is 15.2. The summed E-state index contributed by atoms with van der Waals surface area (Å²) < 4.78 is 7.03. The Labute approximate surface area is 338 Å². The summed E-state index contributed by atoms with van der Waals surface area (Å²) in [5.41, 5.74) is 11.9. The fraction of sp³-hybridized carbons (Fsp3) is 0. The minimum absolute atomic E-state index is 0.641. The van der Waals surface area contributed by atoms with Gasteiger partial charge < -0.3 is 9.13 Å². The minimum atomic E-state index is 0.641. The molecule has 4 aromatic heterocycles. The van der Waals surface area contributed by atoms with Crippen molar-refractivity contribution in [3.63, 3.8) is 0 Å². The number of fused-ring (bicyclic) bond motifs is 12. The van der Waals surface area contributed by atoms with Crippen LogP contribution >= 0.6 is 0 Å². The van der Waals surface area contributed by atoms with E-state index in [-0.39, 0.29) is 0 Å². The number of aromatic nitrogens is 5. The number of para-hydroxylation sites is 5. The van der Waals surface area contributed by atoms with Gasteiger partial charge in [-0.1, -0.05) is 133 Å². The van der Waals surface area contributed by atoms with E-state index in [2.05, 4.69) is 214 Å². The smallest absolute Gasteiger partial charge is 0.235 e. The van der Waals surface area contributed by atoms with Crippen LogP contribution in [0.1, 0.15) is 0 Å². The van der Waals surface area contributed by atoms with Gasteiger partial charge in [-0.3, -0.25) is 4.57 Å². The Morgan fingerprint density at radius 2 is 0.864 bits per heavy atom. The van der Waals surface area contributed by atoms with E-state index in [0.717, 1.165) is 55.5 Å². The van der Waals surface area contributed by atoms with E-state index < -0.39 is 0 Å². The first-order valence-corrected chi connectivity index (χ1v) is 20.1. The van der Waals surface area contributed by atoms with E-state index in [4.69, 9.17) is 9.97 Å². The monoisotopic (exact) mass is 751 g/mol. The Bertz CT molecular complexity index is 3800. The molecule has 0 aliphatic rings. The second-order valence-corrected chi connectivity index (χ2v) is 15.4. The molecule has 0 aliphatic carbocycles. The Morgan fingerprint density at radius 1 is 0.305 bits per heavy atom. The van der Waals surface area contributed by atoms with Crippen LogP contribution in [0.2, 0.25) is 0 Å². The molecule has 13 rings (SSSR count). The summed E-state index contributed by atoms with van der Waals surface area (Å²) in [5.74, 6) is 0.641. The van der Waals surface area contributed by atoms with Crippen molar-refractivity contribution in [3.05, 3.63) is 200 Å². The van der Waals surface area contributed by atoms with Crippen LogP contribution in [0.15, 0.2) is 200 Å². The van der Waals surface area contributed by atoms with E-state index in [1.54, 1.807) is 0 Å². The van der Waals surface area contributed by atoms with Crippen molar-refractivity contribution in [2.24, 2.45) is 0 Å². The lowest BCUT2D eigenvalue weighted by molar-refractivity contribution is 1.01. The van der Waals surface area contributed by atoms with Crippen molar-refractivity contribution >= 4 is 87.1 Å². The second-order valence-electron chi connectivity index (χ2n) is 15.4. The van der Waals surface area contributed by atoms with E-state index in [9.17, 15) is 0 Å². The molecule has 0 saturated heterocycles. The summed E-state index contributed by atoms with van der Waals surface area (Å²) >= 11 is 0. The molecule has 0 spiro atoms. The van der Waals surface area contributed by atoms with Crippen LogP contribution in [0, 0.1) is 0 Å². The fourth-order valence-electron chi connectivity index (χ4n) is 9.69. The molecule has 59 heavy (non-hydrogen) atoms. The van der Waals surface area contributed by atoms with Crippen LogP contribution in [-0.2, 0) is 0 Å². The van der Waals surface area contributed by atoms with E-state index in [0.29, 0.717) is 5.95 Å². The van der Waals surface area contributed by atoms with Crippen LogP contribution in [0.4, 0.5) is 0 Å². The molecule has 0 radical (unpaired) electrons. The molecule has 274 valence electrons. The molecule has 0 fully saturated rings. The fourth-order valence-corrected chi connectivity index (χ4v) is 9.69. The summed E-state index contributed by atoms with van der Waals surface area (Å²) in [7, 11) is 0. The van der Waals surface area contributed by atoms with Gasteiger partial charge in [0.05, 0.1) is 44.3 Å². The standard InChI is InChI=1S/C54H33N5/c1-2-15-36(16-3-1)57-46-23-11-9-20-41(46)42-29-26-35(32-51(42)57)53-43-21-6-10-22-45(43)55-54(56-53)59-49-31-28-37(33-44(49)52-38-17-5-4-14-34(38)27-30-50(52)59)58-47-24-12-7-18-39(47)40-19-8-13-25-48(40)58/h1-33H. The molecule has 0 saturated carbocycles. The number of hydrogen-bond acceptors (Lipinski definition) is 2. The predicted octanol–water partition coefficient (Wildman–Crippen LogP) is 13.7. The van der Waals surface area contributed by atoms with Crippen molar-refractivity contribution < 1.29 is 0 Å². The van der Waals surface area contributed by atoms with Gasteiger partial charge in [0.2, 0.25) is 5.95 Å². The quantitative estimate of drug-likeness (QED) is 0.180. The molecule has 0 aliphatic heterocycles. The minimum Gasteiger partial charge on any atom is -0.309 e. The van der Waals surface area contributed by atoms with Gasteiger partial charge in [0.15, 0.2) is 0 Å². The molecule has 0 atom stereocenters. The molecule has 13 aromatic rings. The summed E-state index contributed by atoms with van der Waals surface area (Å²) in [6.07, 6.45) is 0. The van der Waals surface area contributed by atoms with Crippen molar-refractivity contribution in [2.45, 2.75) is 0 Å². The zero-order valence-corrected chi connectivity index (χ0v) is 31.8. The second kappa shape index (κ2) is 12.2. The summed E-state index contributed by atoms with van der Waals surface area (Å²) in [6, 6.07) is 71.9. The molecule has 0 bridgehead atoms. The molecule has 0 N–H and O–H groups in total. The van der Waals surface area contributed by atoms with Gasteiger partial charge in [0.1, 0.15) is 0 Å². The molecule has 9 aromatic carbocycles. The molecular weight excluding hydrogens is 719 g/mol. The van der Waals surface area contributed by atoms with Gasteiger partial charge in [-0.05, 0) is 77.5 Å². The van der Waals surface area contributed by atoms with E-state index >= 15 is 0 Å². The van der Waals surface area contributed by atoms with Crippen LogP contribution in [0.25, 0.3) is 116 Å². The van der Waals surface area contributed by atoms with Crippen molar-refractivity contribution in [3.8, 4) is 28.6 Å². The largest absolute Gasteiger partial charge is 0.309 e. The molecule has 5 nitrogen and oxygen atoms in total. The summed E-state index contributed by atoms with van der Waals surface area (Å²) in [4.78, 5) is 10.9. The molecule has 4 heterocycles. The third kappa shape index (κ3) is 4.61. The Morgan fingerprint density at radius 3 is 1.59 bits per heavy atom. The van der Waals surface area contributed by atoms with E-state index in [1.165, 1.54) is 54.3 Å². The Balaban J connectivity index is 1.09. The van der Waals surface area contributed by atoms with Crippen LogP contribution in [-0.4, -0.2) is 23.7 Å². The lowest BCUT2D eigenvalue weighted by Gasteiger charge is -2.13. The number of rotatable bonds is 4. The Hall–Kier alpha value is -8.02. The maximum absolute atomic E-state index is 5.55. The zero-order chi connectivity index (χ0) is 38.6. The first kappa shape index (κ1) is 32.1. The first-order chi connectivity index (χ1) is 29.3. The van der Waals surface area contributed by atoms with Crippen molar-refractivity contribution in [2.75, 3.05) is 0 Å². The normalized spacial score (nSPS) is 12.1. The Kier molecular flexibility index (Phi) is 6.66. The lowest BCUT2D eigenvalue weighted by atomic mass is 10.0.